The van der Waals surface area contributed by atoms with E-state index in [1.165, 1.54) is 11.3 Å². The smallest absolute Gasteiger partial charge is 0.230 e. The molecule has 1 fully saturated rings. The summed E-state index contributed by atoms with van der Waals surface area (Å²) in [6, 6.07) is 13.1. The quantitative estimate of drug-likeness (QED) is 0.638. The molecule has 146 valence electrons. The summed E-state index contributed by atoms with van der Waals surface area (Å²) in [5.41, 5.74) is 1.31. The van der Waals surface area contributed by atoms with Gasteiger partial charge in [0.25, 0.3) is 0 Å². The summed E-state index contributed by atoms with van der Waals surface area (Å²) in [7, 11) is 0. The van der Waals surface area contributed by atoms with E-state index in [2.05, 4.69) is 42.0 Å². The zero-order valence-electron chi connectivity index (χ0n) is 15.4. The van der Waals surface area contributed by atoms with Crippen molar-refractivity contribution in [1.29, 1.82) is 5.26 Å². The molecule has 0 aliphatic carbocycles. The Hall–Kier alpha value is -3.58. The van der Waals surface area contributed by atoms with Gasteiger partial charge < -0.3 is 15.5 Å². The third-order valence-electron chi connectivity index (χ3n) is 4.49. The van der Waals surface area contributed by atoms with Gasteiger partial charge in [-0.3, -0.25) is 4.79 Å². The molecule has 0 spiro atoms. The number of anilines is 3. The van der Waals surface area contributed by atoms with E-state index < -0.39 is 0 Å². The number of benzene rings is 1. The van der Waals surface area contributed by atoms with Crippen LogP contribution in [0.5, 0.6) is 0 Å². The number of nitriles is 1. The Kier molecular flexibility index (Phi) is 5.58. The first kappa shape index (κ1) is 18.8. The van der Waals surface area contributed by atoms with E-state index in [1.807, 2.05) is 18.2 Å². The molecule has 1 aromatic carbocycles. The zero-order valence-corrected chi connectivity index (χ0v) is 16.3. The normalized spacial score (nSPS) is 15.7. The first-order valence-corrected chi connectivity index (χ1v) is 9.93. The predicted octanol–water partition coefficient (Wildman–Crippen LogP) is 2.07. The molecular weight excluding hydrogens is 388 g/mol. The van der Waals surface area contributed by atoms with Crippen molar-refractivity contribution in [3.8, 4) is 6.07 Å². The zero-order chi connectivity index (χ0) is 20.1. The third-order valence-corrected chi connectivity index (χ3v) is 5.26. The minimum absolute atomic E-state index is 0.174. The van der Waals surface area contributed by atoms with Crippen molar-refractivity contribution in [1.82, 2.24) is 20.4 Å². The highest BCUT2D eigenvalue weighted by molar-refractivity contribution is 7.19. The molecule has 0 radical (unpaired) electrons. The number of nitrogens with one attached hydrogen (secondary N) is 2. The van der Waals surface area contributed by atoms with Crippen LogP contribution >= 0.6 is 11.3 Å². The van der Waals surface area contributed by atoms with Gasteiger partial charge in [0.15, 0.2) is 5.82 Å². The molecule has 1 saturated heterocycles. The van der Waals surface area contributed by atoms with Gasteiger partial charge in [-0.1, -0.05) is 23.5 Å². The second-order valence-electron chi connectivity index (χ2n) is 6.61. The van der Waals surface area contributed by atoms with E-state index in [9.17, 15) is 4.79 Å². The van der Waals surface area contributed by atoms with Crippen LogP contribution < -0.4 is 15.5 Å². The van der Waals surface area contributed by atoms with E-state index in [1.54, 1.807) is 24.4 Å². The van der Waals surface area contributed by atoms with Gasteiger partial charge in [0.2, 0.25) is 16.2 Å². The molecule has 1 amide bonds. The number of carbonyl (C=O) groups is 1. The van der Waals surface area contributed by atoms with Crippen molar-refractivity contribution < 1.29 is 4.79 Å². The van der Waals surface area contributed by atoms with Crippen LogP contribution in [0.2, 0.25) is 0 Å². The van der Waals surface area contributed by atoms with Crippen LogP contribution in [0.3, 0.4) is 0 Å². The van der Waals surface area contributed by atoms with E-state index in [-0.39, 0.29) is 18.4 Å². The highest BCUT2D eigenvalue weighted by Gasteiger charge is 2.24. The third kappa shape index (κ3) is 4.83. The van der Waals surface area contributed by atoms with Crippen LogP contribution in [-0.2, 0) is 11.2 Å². The minimum atomic E-state index is -0.197. The molecule has 2 aromatic heterocycles. The molecular formula is C19H18N8OS. The molecule has 1 atom stereocenters. The summed E-state index contributed by atoms with van der Waals surface area (Å²) in [4.78, 5) is 14.4. The fourth-order valence-electron chi connectivity index (χ4n) is 3.15. The first-order valence-electron chi connectivity index (χ1n) is 9.11. The molecule has 4 rings (SSSR count). The molecule has 1 unspecified atom stereocenters. The lowest BCUT2D eigenvalue weighted by atomic mass is 10.1. The molecule has 1 aliphatic heterocycles. The van der Waals surface area contributed by atoms with Gasteiger partial charge in [0.05, 0.1) is 18.1 Å². The van der Waals surface area contributed by atoms with Crippen molar-refractivity contribution in [2.45, 2.75) is 18.9 Å². The molecule has 3 heterocycles. The van der Waals surface area contributed by atoms with Crippen LogP contribution in [0.1, 0.15) is 17.5 Å². The van der Waals surface area contributed by atoms with Gasteiger partial charge in [-0.25, -0.2) is 0 Å². The number of hydrogen-bond donors (Lipinski definition) is 2. The van der Waals surface area contributed by atoms with Crippen molar-refractivity contribution in [2.24, 2.45) is 0 Å². The summed E-state index contributed by atoms with van der Waals surface area (Å²) >= 11 is 1.30. The first-order chi connectivity index (χ1) is 14.2. The lowest BCUT2D eigenvalue weighted by molar-refractivity contribution is -0.115. The monoisotopic (exact) mass is 406 g/mol. The maximum atomic E-state index is 12.2. The maximum Gasteiger partial charge on any atom is 0.230 e. The Morgan fingerprint density at radius 3 is 2.97 bits per heavy atom. The van der Waals surface area contributed by atoms with Crippen LogP contribution in [0.4, 0.5) is 16.1 Å². The maximum absolute atomic E-state index is 12.2. The number of hydrogen-bond acceptors (Lipinski definition) is 9. The van der Waals surface area contributed by atoms with Gasteiger partial charge in [-0.05, 0) is 36.2 Å². The van der Waals surface area contributed by atoms with Gasteiger partial charge >= 0.3 is 0 Å². The Bertz CT molecular complexity index is 1030. The summed E-state index contributed by atoms with van der Waals surface area (Å²) in [6.45, 7) is 1.69. The Balaban J connectivity index is 1.29. The molecule has 0 saturated carbocycles. The molecule has 0 bridgehead atoms. The average molecular weight is 406 g/mol. The Morgan fingerprint density at radius 1 is 1.24 bits per heavy atom. The fraction of sp³-hybridized carbons (Fsp3) is 0.263. The number of rotatable bonds is 6. The number of amides is 1. The van der Waals surface area contributed by atoms with Crippen LogP contribution in [-0.4, -0.2) is 45.4 Å². The fourth-order valence-corrected chi connectivity index (χ4v) is 3.89. The lowest BCUT2D eigenvalue weighted by Gasteiger charge is -2.16. The topological polar surface area (TPSA) is 120 Å². The number of nitrogens with zero attached hydrogens (tertiary/aromatic N) is 6. The van der Waals surface area contributed by atoms with Crippen LogP contribution in [0.25, 0.3) is 0 Å². The Morgan fingerprint density at radius 2 is 2.14 bits per heavy atom. The molecule has 2 N–H and O–H groups in total. The number of aromatic nitrogens is 4. The molecule has 3 aromatic rings. The second-order valence-corrected chi connectivity index (χ2v) is 7.58. The van der Waals surface area contributed by atoms with Crippen molar-refractivity contribution in [2.75, 3.05) is 28.6 Å². The van der Waals surface area contributed by atoms with Crippen molar-refractivity contribution in [3.63, 3.8) is 0 Å². The highest BCUT2D eigenvalue weighted by Crippen LogP contribution is 2.24. The standard InChI is InChI=1S/C19H18N8OS/c20-11-14-4-1-3-13(9-14)10-17(28)23-19-26-25-18(29-19)22-15-6-8-27(12-15)16-5-2-7-21-24-16/h1-5,7,9,15H,6,8,10,12H2,(H,22,25)(H,23,26,28). The Labute approximate surface area is 171 Å². The lowest BCUT2D eigenvalue weighted by Crippen LogP contribution is -2.26. The van der Waals surface area contributed by atoms with Crippen LogP contribution in [0.15, 0.2) is 42.6 Å². The summed E-state index contributed by atoms with van der Waals surface area (Å²) < 4.78 is 0. The summed E-state index contributed by atoms with van der Waals surface area (Å²) in [6.07, 6.45) is 2.78. The van der Waals surface area contributed by atoms with Crippen molar-refractivity contribution in [3.05, 3.63) is 53.7 Å². The molecule has 9 nitrogen and oxygen atoms in total. The van der Waals surface area contributed by atoms with Crippen LogP contribution in [0, 0.1) is 11.3 Å². The molecule has 1 aliphatic rings. The van der Waals surface area contributed by atoms with Gasteiger partial charge in [-0.2, -0.15) is 10.4 Å². The van der Waals surface area contributed by atoms with Gasteiger partial charge in [0.1, 0.15) is 0 Å². The summed E-state index contributed by atoms with van der Waals surface area (Å²) in [5, 5.41) is 32.4. The van der Waals surface area contributed by atoms with Gasteiger partial charge in [-0.15, -0.1) is 15.3 Å². The average Bonchev–Trinajstić information content (AvgIpc) is 3.38. The summed E-state index contributed by atoms with van der Waals surface area (Å²) in [5.74, 6) is 0.667. The minimum Gasteiger partial charge on any atom is -0.355 e. The van der Waals surface area contributed by atoms with Crippen molar-refractivity contribution >= 4 is 33.3 Å². The highest BCUT2D eigenvalue weighted by atomic mass is 32.1. The largest absolute Gasteiger partial charge is 0.355 e. The molecule has 10 heteroatoms. The van der Waals surface area contributed by atoms with E-state index >= 15 is 0 Å². The second kappa shape index (κ2) is 8.62. The van der Waals surface area contributed by atoms with E-state index in [0.29, 0.717) is 15.8 Å². The predicted molar refractivity (Wildman–Crippen MR) is 110 cm³/mol. The SMILES string of the molecule is N#Cc1cccc(CC(=O)Nc2nnc(NC3CCN(c4cccnn4)C3)s2)c1. The molecule has 29 heavy (non-hydrogen) atoms. The van der Waals surface area contributed by atoms with E-state index in [0.717, 1.165) is 30.9 Å². The van der Waals surface area contributed by atoms with Gasteiger partial charge in [0, 0.05) is 25.3 Å². The van der Waals surface area contributed by atoms with E-state index in [4.69, 9.17) is 5.26 Å². The number of carbonyl (C=O) groups excluding carboxylic acids is 1.